The maximum atomic E-state index is 9.07. The highest BCUT2D eigenvalue weighted by molar-refractivity contribution is 5.16. The average Bonchev–Trinajstić information content (AvgIpc) is 2.67. The number of hydrogen-bond acceptors (Lipinski definition) is 3. The molecule has 4 heteroatoms. The van der Waals surface area contributed by atoms with Gasteiger partial charge in [-0.25, -0.2) is 0 Å². The zero-order valence-electron chi connectivity index (χ0n) is 8.11. The zero-order chi connectivity index (χ0) is 10.7. The maximum Gasteiger partial charge on any atom is 0.195 e. The largest absolute Gasteiger partial charge is 0.363 e. The van der Waals surface area contributed by atoms with Crippen molar-refractivity contribution in [2.75, 3.05) is 0 Å². The first-order chi connectivity index (χ1) is 7.27. The minimum Gasteiger partial charge on any atom is -0.363 e. The highest BCUT2D eigenvalue weighted by Gasteiger charge is 2.09. The molecule has 1 aromatic carbocycles. The lowest BCUT2D eigenvalue weighted by Crippen LogP contribution is -2.09. The van der Waals surface area contributed by atoms with Crippen molar-refractivity contribution in [2.45, 2.75) is 12.8 Å². The molecule has 1 aromatic heterocycles. The average molecular weight is 204 g/mol. The lowest BCUT2D eigenvalue weighted by atomic mass is 10.2. The first kappa shape index (κ1) is 9.89. The van der Waals surface area contributed by atoms with Crippen LogP contribution in [0.1, 0.15) is 17.5 Å². The van der Waals surface area contributed by atoms with Crippen molar-refractivity contribution in [3.63, 3.8) is 0 Å². The van der Waals surface area contributed by atoms with Crippen molar-refractivity contribution in [3.8, 4) is 0 Å². The van der Waals surface area contributed by atoms with Crippen LogP contribution in [-0.2, 0) is 6.54 Å². The molecule has 4 nitrogen and oxygen atoms in total. The molecule has 0 spiro atoms. The third kappa shape index (κ3) is 2.23. The molecule has 0 atom stereocenters. The number of aliphatic hydroxyl groups excluding tert-OH is 1. The Balaban J connectivity index is 2.21. The van der Waals surface area contributed by atoms with Crippen LogP contribution < -0.4 is 0 Å². The summed E-state index contributed by atoms with van der Waals surface area (Å²) in [5, 5.41) is 22.2. The van der Waals surface area contributed by atoms with E-state index >= 15 is 0 Å². The van der Waals surface area contributed by atoms with Crippen molar-refractivity contribution in [2.24, 2.45) is 0 Å². The number of rotatable bonds is 3. The van der Waals surface area contributed by atoms with E-state index in [0.29, 0.717) is 12.2 Å². The molecule has 0 radical (unpaired) electrons. The van der Waals surface area contributed by atoms with Crippen molar-refractivity contribution >= 4 is 0 Å². The van der Waals surface area contributed by atoms with Crippen LogP contribution in [0.4, 0.5) is 0 Å². The molecule has 2 N–H and O–H groups in total. The zero-order valence-corrected chi connectivity index (χ0v) is 8.11. The normalized spacial score (nSPS) is 10.9. The fraction of sp³-hybridized carbons (Fsp3) is 0.182. The summed E-state index contributed by atoms with van der Waals surface area (Å²) in [7, 11) is 0. The first-order valence-electron chi connectivity index (χ1n) is 4.69. The van der Waals surface area contributed by atoms with E-state index in [4.69, 9.17) is 10.2 Å². The number of hydrogen-bond donors (Lipinski definition) is 2. The fourth-order valence-electron chi connectivity index (χ4n) is 1.45. The SMILES string of the molecule is OC(O)c1ccnn1Cc1ccccc1. The lowest BCUT2D eigenvalue weighted by Gasteiger charge is -2.08. The van der Waals surface area contributed by atoms with Gasteiger partial charge in [0.15, 0.2) is 6.29 Å². The quantitative estimate of drug-likeness (QED) is 0.731. The Kier molecular flexibility index (Phi) is 2.80. The second kappa shape index (κ2) is 4.25. The molecule has 2 rings (SSSR count). The van der Waals surface area contributed by atoms with Crippen LogP contribution in [0.3, 0.4) is 0 Å². The summed E-state index contributed by atoms with van der Waals surface area (Å²) in [4.78, 5) is 0. The van der Waals surface area contributed by atoms with Gasteiger partial charge in [0.1, 0.15) is 0 Å². The monoisotopic (exact) mass is 204 g/mol. The number of aromatic nitrogens is 2. The fourth-order valence-corrected chi connectivity index (χ4v) is 1.45. The van der Waals surface area contributed by atoms with Gasteiger partial charge in [0, 0.05) is 6.20 Å². The first-order valence-corrected chi connectivity index (χ1v) is 4.69. The minimum absolute atomic E-state index is 0.402. The van der Waals surface area contributed by atoms with E-state index in [1.54, 1.807) is 16.9 Å². The predicted molar refractivity (Wildman–Crippen MR) is 54.9 cm³/mol. The van der Waals surface area contributed by atoms with Gasteiger partial charge in [0.25, 0.3) is 0 Å². The van der Waals surface area contributed by atoms with E-state index in [9.17, 15) is 0 Å². The Labute approximate surface area is 87.4 Å². The third-order valence-electron chi connectivity index (χ3n) is 2.19. The molecule has 0 bridgehead atoms. The van der Waals surface area contributed by atoms with Crippen LogP contribution in [0.5, 0.6) is 0 Å². The van der Waals surface area contributed by atoms with Gasteiger partial charge in [-0.05, 0) is 11.6 Å². The summed E-state index contributed by atoms with van der Waals surface area (Å²) in [5.41, 5.74) is 1.47. The molecule has 0 unspecified atom stereocenters. The van der Waals surface area contributed by atoms with Gasteiger partial charge in [-0.2, -0.15) is 5.10 Å². The molecule has 0 saturated carbocycles. The van der Waals surface area contributed by atoms with E-state index in [0.717, 1.165) is 5.56 Å². The summed E-state index contributed by atoms with van der Waals surface area (Å²) in [6.07, 6.45) is 0.0776. The molecule has 0 aliphatic heterocycles. The van der Waals surface area contributed by atoms with E-state index in [1.807, 2.05) is 30.3 Å². The molecule has 1 heterocycles. The third-order valence-corrected chi connectivity index (χ3v) is 2.19. The Morgan fingerprint density at radius 2 is 1.87 bits per heavy atom. The Morgan fingerprint density at radius 1 is 1.13 bits per heavy atom. The summed E-state index contributed by atoms with van der Waals surface area (Å²) in [6.45, 7) is 0.542. The van der Waals surface area contributed by atoms with Crippen molar-refractivity contribution < 1.29 is 10.2 Å². The number of aliphatic hydroxyl groups is 2. The van der Waals surface area contributed by atoms with Gasteiger partial charge < -0.3 is 10.2 Å². The molecule has 0 amide bonds. The van der Waals surface area contributed by atoms with E-state index < -0.39 is 6.29 Å². The molecule has 0 fully saturated rings. The summed E-state index contributed by atoms with van der Waals surface area (Å²) in [5.74, 6) is 0. The number of benzene rings is 1. The highest BCUT2D eigenvalue weighted by Crippen LogP contribution is 2.10. The van der Waals surface area contributed by atoms with Crippen LogP contribution in [0, 0.1) is 0 Å². The van der Waals surface area contributed by atoms with E-state index in [1.165, 1.54) is 0 Å². The summed E-state index contributed by atoms with van der Waals surface area (Å²) >= 11 is 0. The number of nitrogens with zero attached hydrogens (tertiary/aromatic N) is 2. The Hall–Kier alpha value is -1.65. The smallest absolute Gasteiger partial charge is 0.195 e. The molecular weight excluding hydrogens is 192 g/mol. The second-order valence-corrected chi connectivity index (χ2v) is 3.27. The van der Waals surface area contributed by atoms with Crippen LogP contribution >= 0.6 is 0 Å². The molecule has 0 aliphatic carbocycles. The van der Waals surface area contributed by atoms with Gasteiger partial charge in [-0.3, -0.25) is 4.68 Å². The van der Waals surface area contributed by atoms with Gasteiger partial charge in [-0.15, -0.1) is 0 Å². The van der Waals surface area contributed by atoms with E-state index in [2.05, 4.69) is 5.10 Å². The highest BCUT2D eigenvalue weighted by atomic mass is 16.5. The molecule has 78 valence electrons. The van der Waals surface area contributed by atoms with Crippen molar-refractivity contribution in [3.05, 3.63) is 53.9 Å². The molecule has 15 heavy (non-hydrogen) atoms. The Morgan fingerprint density at radius 3 is 2.53 bits per heavy atom. The van der Waals surface area contributed by atoms with Gasteiger partial charge in [0.2, 0.25) is 0 Å². The van der Waals surface area contributed by atoms with Gasteiger partial charge in [0.05, 0.1) is 12.2 Å². The topological polar surface area (TPSA) is 58.3 Å². The lowest BCUT2D eigenvalue weighted by molar-refractivity contribution is -0.0488. The van der Waals surface area contributed by atoms with Crippen LogP contribution in [-0.4, -0.2) is 20.0 Å². The predicted octanol–water partition coefficient (Wildman–Crippen LogP) is 0.915. The minimum atomic E-state index is -1.48. The van der Waals surface area contributed by atoms with Gasteiger partial charge in [-0.1, -0.05) is 30.3 Å². The second-order valence-electron chi connectivity index (χ2n) is 3.27. The molecule has 2 aromatic rings. The van der Waals surface area contributed by atoms with Crippen LogP contribution in [0.2, 0.25) is 0 Å². The van der Waals surface area contributed by atoms with Crippen molar-refractivity contribution in [1.29, 1.82) is 0 Å². The molecule has 0 saturated heterocycles. The molecular formula is C11H12N2O2. The summed E-state index contributed by atoms with van der Waals surface area (Å²) in [6, 6.07) is 11.3. The molecule has 0 aliphatic rings. The van der Waals surface area contributed by atoms with Crippen LogP contribution in [0.25, 0.3) is 0 Å². The van der Waals surface area contributed by atoms with Gasteiger partial charge >= 0.3 is 0 Å². The Bertz CT molecular complexity index is 423. The van der Waals surface area contributed by atoms with Crippen LogP contribution in [0.15, 0.2) is 42.6 Å². The van der Waals surface area contributed by atoms with Crippen molar-refractivity contribution in [1.82, 2.24) is 9.78 Å². The van der Waals surface area contributed by atoms with E-state index in [-0.39, 0.29) is 0 Å². The maximum absolute atomic E-state index is 9.07. The summed E-state index contributed by atoms with van der Waals surface area (Å²) < 4.78 is 1.57. The standard InChI is InChI=1S/C11H12N2O2/c14-11(15)10-6-7-12-13(10)8-9-4-2-1-3-5-9/h1-7,11,14-15H,8H2.